The highest BCUT2D eigenvalue weighted by atomic mass is 35.5. The lowest BCUT2D eigenvalue weighted by atomic mass is 9.80. The van der Waals surface area contributed by atoms with Gasteiger partial charge in [0.1, 0.15) is 5.75 Å². The fourth-order valence-corrected chi connectivity index (χ4v) is 5.23. The number of methoxy groups -OCH3 is 1. The van der Waals surface area contributed by atoms with Gasteiger partial charge < -0.3 is 9.30 Å². The second kappa shape index (κ2) is 7.93. The number of piperidine rings is 1. The molecule has 2 aromatic carbocycles. The van der Waals surface area contributed by atoms with Crippen LogP contribution < -0.4 is 10.3 Å². The van der Waals surface area contributed by atoms with Gasteiger partial charge in [0, 0.05) is 54.4 Å². The molecule has 0 saturated carbocycles. The van der Waals surface area contributed by atoms with Crippen LogP contribution in [0, 0.1) is 5.92 Å². The maximum Gasteiger partial charge on any atom is 0.250 e. The van der Waals surface area contributed by atoms with Gasteiger partial charge in [-0.15, -0.1) is 0 Å². The summed E-state index contributed by atoms with van der Waals surface area (Å²) in [6, 6.07) is 20.0. The molecule has 2 bridgehead atoms. The summed E-state index contributed by atoms with van der Waals surface area (Å²) >= 11 is 6.10. The lowest BCUT2D eigenvalue weighted by Crippen LogP contribution is -2.47. The number of hydrogen-bond acceptors (Lipinski definition) is 3. The Balaban J connectivity index is 1.46. The highest BCUT2D eigenvalue weighted by Crippen LogP contribution is 2.40. The van der Waals surface area contributed by atoms with Crippen molar-refractivity contribution in [3.05, 3.63) is 87.3 Å². The normalized spacial score (nSPS) is 20.6. The number of benzene rings is 2. The van der Waals surface area contributed by atoms with Gasteiger partial charge in [-0.2, -0.15) is 0 Å². The molecule has 0 aliphatic carbocycles. The number of halogens is 1. The Kier molecular flexibility index (Phi) is 5.13. The van der Waals surface area contributed by atoms with Gasteiger partial charge in [0.05, 0.1) is 7.11 Å². The summed E-state index contributed by atoms with van der Waals surface area (Å²) in [5.41, 5.74) is 4.86. The summed E-state index contributed by atoms with van der Waals surface area (Å²) in [6.07, 6.45) is 1.14. The van der Waals surface area contributed by atoms with Gasteiger partial charge in [-0.3, -0.25) is 9.69 Å². The molecule has 0 radical (unpaired) electrons. The maximum atomic E-state index is 12.7. The molecule has 2 atom stereocenters. The number of aromatic nitrogens is 1. The predicted octanol–water partition coefficient (Wildman–Crippen LogP) is 4.80. The first-order chi connectivity index (χ1) is 14.6. The molecule has 0 unspecified atom stereocenters. The summed E-state index contributed by atoms with van der Waals surface area (Å²) in [5.74, 6) is 1.75. The number of fused-ring (bicyclic) bond motifs is 4. The van der Waals surface area contributed by atoms with E-state index in [9.17, 15) is 4.79 Å². The van der Waals surface area contributed by atoms with Gasteiger partial charge >= 0.3 is 0 Å². The molecule has 1 fully saturated rings. The van der Waals surface area contributed by atoms with Crippen molar-refractivity contribution >= 4 is 11.6 Å². The van der Waals surface area contributed by atoms with Crippen molar-refractivity contribution in [3.8, 4) is 16.9 Å². The van der Waals surface area contributed by atoms with Crippen molar-refractivity contribution in [2.45, 2.75) is 25.4 Å². The van der Waals surface area contributed by atoms with E-state index in [1.807, 2.05) is 47.0 Å². The molecule has 5 heteroatoms. The van der Waals surface area contributed by atoms with Crippen LogP contribution in [-0.2, 0) is 13.1 Å². The topological polar surface area (TPSA) is 34.5 Å². The van der Waals surface area contributed by atoms with Crippen molar-refractivity contribution in [2.75, 3.05) is 20.2 Å². The largest absolute Gasteiger partial charge is 0.497 e. The van der Waals surface area contributed by atoms with Gasteiger partial charge in [0.25, 0.3) is 5.56 Å². The third-order valence-corrected chi connectivity index (χ3v) is 6.64. The average Bonchev–Trinajstić information content (AvgIpc) is 2.76. The summed E-state index contributed by atoms with van der Waals surface area (Å²) < 4.78 is 7.30. The molecule has 0 amide bonds. The minimum absolute atomic E-state index is 0.112. The van der Waals surface area contributed by atoms with Crippen molar-refractivity contribution in [1.82, 2.24) is 9.47 Å². The predicted molar refractivity (Wildman–Crippen MR) is 120 cm³/mol. The molecule has 5 rings (SSSR count). The van der Waals surface area contributed by atoms with E-state index in [1.54, 1.807) is 13.2 Å². The van der Waals surface area contributed by atoms with E-state index in [0.717, 1.165) is 54.5 Å². The Bertz CT molecular complexity index is 1110. The maximum absolute atomic E-state index is 12.7. The molecule has 2 aliphatic rings. The van der Waals surface area contributed by atoms with Gasteiger partial charge in [-0.1, -0.05) is 35.9 Å². The first-order valence-electron chi connectivity index (χ1n) is 10.5. The van der Waals surface area contributed by atoms with E-state index in [-0.39, 0.29) is 5.56 Å². The van der Waals surface area contributed by atoms with Gasteiger partial charge in [0.15, 0.2) is 0 Å². The van der Waals surface area contributed by atoms with Crippen molar-refractivity contribution in [2.24, 2.45) is 5.92 Å². The number of nitrogens with zero attached hydrogens (tertiary/aromatic N) is 2. The number of likely N-dealkylation sites (tertiary alicyclic amines) is 1. The smallest absolute Gasteiger partial charge is 0.250 e. The van der Waals surface area contributed by atoms with Crippen LogP contribution in [-0.4, -0.2) is 29.7 Å². The Morgan fingerprint density at radius 1 is 0.967 bits per heavy atom. The first-order valence-corrected chi connectivity index (χ1v) is 10.8. The number of hydrogen-bond donors (Lipinski definition) is 0. The second-order valence-electron chi connectivity index (χ2n) is 8.43. The van der Waals surface area contributed by atoms with Crippen LogP contribution in [0.5, 0.6) is 5.75 Å². The van der Waals surface area contributed by atoms with E-state index < -0.39 is 0 Å². The molecule has 0 N–H and O–H groups in total. The van der Waals surface area contributed by atoms with Crippen LogP contribution in [0.2, 0.25) is 5.02 Å². The summed E-state index contributed by atoms with van der Waals surface area (Å²) in [6.45, 7) is 3.71. The lowest BCUT2D eigenvalue weighted by molar-refractivity contribution is 0.115. The standard InChI is InChI=1S/C25H25ClN2O2/c1-30-22-8-2-17(3-9-22)13-27-14-18-12-20(16-27)25-23(10-11-24(29)28(25)15-18)19-4-6-21(26)7-5-19/h2-11,18,20H,12-16H2,1H3/t18-,20+/m0/s1. The van der Waals surface area contributed by atoms with Crippen LogP contribution in [0.4, 0.5) is 0 Å². The van der Waals surface area contributed by atoms with Crippen LogP contribution in [0.3, 0.4) is 0 Å². The van der Waals surface area contributed by atoms with E-state index in [1.165, 1.54) is 11.3 Å². The first kappa shape index (κ1) is 19.4. The van der Waals surface area contributed by atoms with E-state index in [2.05, 4.69) is 17.0 Å². The van der Waals surface area contributed by atoms with Crippen LogP contribution in [0.25, 0.3) is 11.1 Å². The van der Waals surface area contributed by atoms with E-state index in [0.29, 0.717) is 11.8 Å². The molecule has 4 nitrogen and oxygen atoms in total. The third kappa shape index (κ3) is 3.66. The van der Waals surface area contributed by atoms with Gasteiger partial charge in [-0.25, -0.2) is 0 Å². The molecule has 154 valence electrons. The molecule has 30 heavy (non-hydrogen) atoms. The number of ether oxygens (including phenoxy) is 1. The minimum Gasteiger partial charge on any atom is -0.497 e. The molecule has 1 aromatic heterocycles. The highest BCUT2D eigenvalue weighted by Gasteiger charge is 2.36. The highest BCUT2D eigenvalue weighted by molar-refractivity contribution is 6.30. The van der Waals surface area contributed by atoms with Crippen LogP contribution in [0.15, 0.2) is 65.5 Å². The summed E-state index contributed by atoms with van der Waals surface area (Å²) in [5, 5.41) is 0.726. The zero-order valence-corrected chi connectivity index (χ0v) is 17.8. The lowest BCUT2D eigenvalue weighted by Gasteiger charge is -2.43. The van der Waals surface area contributed by atoms with Crippen molar-refractivity contribution in [1.29, 1.82) is 0 Å². The van der Waals surface area contributed by atoms with Crippen LogP contribution >= 0.6 is 11.6 Å². The molecule has 1 saturated heterocycles. The average molecular weight is 421 g/mol. The van der Waals surface area contributed by atoms with Crippen LogP contribution in [0.1, 0.15) is 23.6 Å². The van der Waals surface area contributed by atoms with Crippen molar-refractivity contribution < 1.29 is 4.74 Å². The molecular weight excluding hydrogens is 396 g/mol. The fraction of sp³-hybridized carbons (Fsp3) is 0.320. The Morgan fingerprint density at radius 2 is 1.73 bits per heavy atom. The second-order valence-corrected chi connectivity index (χ2v) is 8.87. The zero-order valence-electron chi connectivity index (χ0n) is 17.1. The fourth-order valence-electron chi connectivity index (χ4n) is 5.11. The minimum atomic E-state index is 0.112. The molecule has 3 heterocycles. The summed E-state index contributed by atoms with van der Waals surface area (Å²) in [7, 11) is 1.69. The number of pyridine rings is 1. The Morgan fingerprint density at radius 3 is 2.47 bits per heavy atom. The van der Waals surface area contributed by atoms with Crippen molar-refractivity contribution in [3.63, 3.8) is 0 Å². The SMILES string of the molecule is COc1ccc(CN2C[C@@H]3C[C@H](C2)c2c(-c4ccc(Cl)cc4)ccc(=O)n2C3)cc1. The molecule has 0 spiro atoms. The molecular formula is C25H25ClN2O2. The van der Waals surface area contributed by atoms with Gasteiger partial charge in [0.2, 0.25) is 0 Å². The van der Waals surface area contributed by atoms with E-state index >= 15 is 0 Å². The zero-order chi connectivity index (χ0) is 20.7. The Hall–Kier alpha value is -2.56. The van der Waals surface area contributed by atoms with Gasteiger partial charge in [-0.05, 0) is 53.8 Å². The Labute approximate surface area is 181 Å². The third-order valence-electron chi connectivity index (χ3n) is 6.39. The molecule has 3 aromatic rings. The monoisotopic (exact) mass is 420 g/mol. The van der Waals surface area contributed by atoms with E-state index in [4.69, 9.17) is 16.3 Å². The molecule has 2 aliphatic heterocycles. The quantitative estimate of drug-likeness (QED) is 0.608. The summed E-state index contributed by atoms with van der Waals surface area (Å²) in [4.78, 5) is 15.2. The number of rotatable bonds is 4.